The van der Waals surface area contributed by atoms with E-state index in [2.05, 4.69) is 0 Å². The van der Waals surface area contributed by atoms with Gasteiger partial charge < -0.3 is 14.2 Å². The fraction of sp³-hybridized carbons (Fsp3) is 0.231. The van der Waals surface area contributed by atoms with Gasteiger partial charge in [-0.05, 0) is 61.4 Å². The first-order valence-electron chi connectivity index (χ1n) is 11.0. The molecule has 1 aliphatic rings. The molecule has 1 aromatic heterocycles. The van der Waals surface area contributed by atoms with Crippen LogP contribution in [0.2, 0.25) is 5.02 Å². The van der Waals surface area contributed by atoms with Crippen LogP contribution in [-0.4, -0.2) is 37.3 Å². The first kappa shape index (κ1) is 22.7. The third-order valence-electron chi connectivity index (χ3n) is 5.63. The van der Waals surface area contributed by atoms with Crippen LogP contribution in [0.1, 0.15) is 23.2 Å². The van der Waals surface area contributed by atoms with Crippen molar-refractivity contribution in [2.45, 2.75) is 18.9 Å². The summed E-state index contributed by atoms with van der Waals surface area (Å²) in [6.45, 7) is 1.12. The minimum atomic E-state index is -0.157. The molecule has 6 nitrogen and oxygen atoms in total. The molecule has 1 atom stereocenters. The Morgan fingerprint density at radius 2 is 1.88 bits per heavy atom. The molecule has 1 saturated heterocycles. The average molecular weight is 495 g/mol. The number of fused-ring (bicyclic) bond motifs is 1. The Hall–Kier alpha value is -3.13. The van der Waals surface area contributed by atoms with Gasteiger partial charge in [0.2, 0.25) is 0 Å². The summed E-state index contributed by atoms with van der Waals surface area (Å²) in [7, 11) is 1.59. The number of carbonyl (C=O) groups is 1. The van der Waals surface area contributed by atoms with Gasteiger partial charge in [0.25, 0.3) is 5.91 Å². The van der Waals surface area contributed by atoms with Crippen LogP contribution in [0.15, 0.2) is 66.7 Å². The summed E-state index contributed by atoms with van der Waals surface area (Å²) in [6.07, 6.45) is 1.86. The van der Waals surface area contributed by atoms with Crippen LogP contribution in [0.3, 0.4) is 0 Å². The lowest BCUT2D eigenvalue weighted by atomic mass is 10.1. The maximum atomic E-state index is 13.7. The van der Waals surface area contributed by atoms with Crippen molar-refractivity contribution in [3.05, 3.63) is 77.3 Å². The lowest BCUT2D eigenvalue weighted by molar-refractivity contribution is 0.0917. The van der Waals surface area contributed by atoms with Crippen molar-refractivity contribution < 1.29 is 19.0 Å². The number of aromatic nitrogens is 1. The zero-order valence-corrected chi connectivity index (χ0v) is 20.1. The van der Waals surface area contributed by atoms with E-state index in [4.69, 9.17) is 30.8 Å². The standard InChI is InChI=1S/C26H23ClN2O4S/c1-31-22-14-13-21(27)24-23(22)28-26(34-24)29(16-20-8-5-15-32-20)25(30)17-9-11-19(12-10-17)33-18-6-3-2-4-7-18/h2-4,6-7,9-14,20H,5,8,15-16H2,1H3. The molecule has 1 amide bonds. The van der Waals surface area contributed by atoms with Crippen LogP contribution < -0.4 is 14.4 Å². The smallest absolute Gasteiger partial charge is 0.260 e. The van der Waals surface area contributed by atoms with Gasteiger partial charge in [0.15, 0.2) is 5.13 Å². The number of rotatable bonds is 7. The van der Waals surface area contributed by atoms with Gasteiger partial charge in [-0.15, -0.1) is 0 Å². The molecule has 0 radical (unpaired) electrons. The van der Waals surface area contributed by atoms with Crippen molar-refractivity contribution in [2.75, 3.05) is 25.2 Å². The number of para-hydroxylation sites is 1. The fourth-order valence-corrected chi connectivity index (χ4v) is 5.17. The van der Waals surface area contributed by atoms with E-state index in [9.17, 15) is 4.79 Å². The van der Waals surface area contributed by atoms with E-state index < -0.39 is 0 Å². The van der Waals surface area contributed by atoms with Crippen molar-refractivity contribution in [3.63, 3.8) is 0 Å². The summed E-state index contributed by atoms with van der Waals surface area (Å²) >= 11 is 7.80. The van der Waals surface area contributed by atoms with Crippen LogP contribution in [0, 0.1) is 0 Å². The van der Waals surface area contributed by atoms with E-state index in [0.717, 1.165) is 23.3 Å². The molecule has 1 unspecified atom stereocenters. The second-order valence-corrected chi connectivity index (χ2v) is 9.30. The summed E-state index contributed by atoms with van der Waals surface area (Å²) in [6, 6.07) is 20.2. The predicted octanol–water partition coefficient (Wildman–Crippen LogP) is 6.58. The van der Waals surface area contributed by atoms with Crippen molar-refractivity contribution in [3.8, 4) is 17.2 Å². The number of hydrogen-bond acceptors (Lipinski definition) is 6. The Morgan fingerprint density at radius 1 is 1.12 bits per heavy atom. The fourth-order valence-electron chi connectivity index (χ4n) is 3.91. The van der Waals surface area contributed by atoms with Crippen molar-refractivity contribution in [1.29, 1.82) is 0 Å². The molecule has 1 fully saturated rings. The highest BCUT2D eigenvalue weighted by Gasteiger charge is 2.28. The van der Waals surface area contributed by atoms with Gasteiger partial charge in [0.05, 0.1) is 29.5 Å². The number of halogens is 1. The largest absolute Gasteiger partial charge is 0.494 e. The van der Waals surface area contributed by atoms with Gasteiger partial charge in [-0.25, -0.2) is 4.98 Å². The van der Waals surface area contributed by atoms with Crippen molar-refractivity contribution in [2.24, 2.45) is 0 Å². The maximum Gasteiger partial charge on any atom is 0.260 e. The zero-order valence-electron chi connectivity index (χ0n) is 18.6. The molecule has 0 bridgehead atoms. The highest BCUT2D eigenvalue weighted by Crippen LogP contribution is 2.39. The average Bonchev–Trinajstić information content (AvgIpc) is 3.54. The molecule has 4 aromatic rings. The van der Waals surface area contributed by atoms with Crippen LogP contribution in [-0.2, 0) is 4.74 Å². The van der Waals surface area contributed by atoms with E-state index in [1.807, 2.05) is 30.3 Å². The molecular weight excluding hydrogens is 472 g/mol. The minimum absolute atomic E-state index is 0.0333. The molecule has 0 aliphatic carbocycles. The molecule has 0 saturated carbocycles. The Balaban J connectivity index is 1.45. The van der Waals surface area contributed by atoms with Crippen molar-refractivity contribution in [1.82, 2.24) is 4.98 Å². The molecule has 3 aromatic carbocycles. The summed E-state index contributed by atoms with van der Waals surface area (Å²) in [5.41, 5.74) is 1.18. The lowest BCUT2D eigenvalue weighted by Crippen LogP contribution is -2.37. The lowest BCUT2D eigenvalue weighted by Gasteiger charge is -2.23. The first-order chi connectivity index (χ1) is 16.6. The van der Waals surface area contributed by atoms with E-state index in [1.165, 1.54) is 11.3 Å². The Labute approximate surface area is 206 Å². The van der Waals surface area contributed by atoms with Gasteiger partial charge in [0.1, 0.15) is 22.8 Å². The zero-order chi connectivity index (χ0) is 23.5. The number of methoxy groups -OCH3 is 1. The molecule has 0 spiro atoms. The molecule has 174 valence electrons. The third kappa shape index (κ3) is 4.73. The Kier molecular flexibility index (Phi) is 6.67. The van der Waals surface area contributed by atoms with Gasteiger partial charge in [-0.3, -0.25) is 9.69 Å². The van der Waals surface area contributed by atoms with Gasteiger partial charge in [-0.2, -0.15) is 0 Å². The SMILES string of the molecule is COc1ccc(Cl)c2sc(N(CC3CCCO3)C(=O)c3ccc(Oc4ccccc4)cc3)nc12. The van der Waals surface area contributed by atoms with E-state index >= 15 is 0 Å². The van der Waals surface area contributed by atoms with Crippen LogP contribution in [0.25, 0.3) is 10.2 Å². The second-order valence-electron chi connectivity index (χ2n) is 7.91. The summed E-state index contributed by atoms with van der Waals surface area (Å²) in [5, 5.41) is 1.14. The summed E-state index contributed by atoms with van der Waals surface area (Å²) in [4.78, 5) is 20.1. The number of amides is 1. The first-order valence-corrected chi connectivity index (χ1v) is 12.2. The van der Waals surface area contributed by atoms with Gasteiger partial charge in [0, 0.05) is 12.2 Å². The van der Waals surface area contributed by atoms with Crippen molar-refractivity contribution >= 4 is 44.2 Å². The maximum absolute atomic E-state index is 13.7. The minimum Gasteiger partial charge on any atom is -0.494 e. The number of anilines is 1. The number of benzene rings is 3. The van der Waals surface area contributed by atoms with Crippen LogP contribution in [0.5, 0.6) is 17.2 Å². The highest BCUT2D eigenvalue weighted by molar-refractivity contribution is 7.23. The molecule has 34 heavy (non-hydrogen) atoms. The number of thiazole rings is 1. The summed E-state index contributed by atoms with van der Waals surface area (Å²) < 4.78 is 17.9. The molecule has 0 N–H and O–H groups in total. The molecule has 8 heteroatoms. The molecule has 5 rings (SSSR count). The summed E-state index contributed by atoms with van der Waals surface area (Å²) in [5.74, 6) is 1.86. The Bertz CT molecular complexity index is 1290. The van der Waals surface area contributed by atoms with E-state index in [1.54, 1.807) is 48.4 Å². The molecule has 2 heterocycles. The van der Waals surface area contributed by atoms with E-state index in [0.29, 0.717) is 45.9 Å². The molecular formula is C26H23ClN2O4S. The van der Waals surface area contributed by atoms with Crippen LogP contribution in [0.4, 0.5) is 5.13 Å². The number of carbonyl (C=O) groups excluding carboxylic acids is 1. The predicted molar refractivity (Wildman–Crippen MR) is 135 cm³/mol. The number of hydrogen-bond donors (Lipinski definition) is 0. The highest BCUT2D eigenvalue weighted by atomic mass is 35.5. The third-order valence-corrected chi connectivity index (χ3v) is 7.17. The van der Waals surface area contributed by atoms with E-state index in [-0.39, 0.29) is 12.0 Å². The molecule has 1 aliphatic heterocycles. The topological polar surface area (TPSA) is 60.9 Å². The normalized spacial score (nSPS) is 15.4. The Morgan fingerprint density at radius 3 is 2.59 bits per heavy atom. The number of nitrogens with zero attached hydrogens (tertiary/aromatic N) is 2. The van der Waals surface area contributed by atoms with Gasteiger partial charge >= 0.3 is 0 Å². The number of ether oxygens (including phenoxy) is 3. The van der Waals surface area contributed by atoms with Crippen LogP contribution >= 0.6 is 22.9 Å². The second kappa shape index (κ2) is 10.0. The monoisotopic (exact) mass is 494 g/mol. The van der Waals surface area contributed by atoms with Gasteiger partial charge in [-0.1, -0.05) is 41.1 Å². The quantitative estimate of drug-likeness (QED) is 0.290.